The second-order valence-electron chi connectivity index (χ2n) is 9.08. The van der Waals surface area contributed by atoms with Crippen LogP contribution in [0.3, 0.4) is 0 Å². The number of nitriles is 1. The van der Waals surface area contributed by atoms with Crippen molar-refractivity contribution in [2.24, 2.45) is 5.10 Å². The minimum atomic E-state index is -0.423. The lowest BCUT2D eigenvalue weighted by molar-refractivity contribution is 0.304. The fraction of sp³-hybridized carbons (Fsp3) is 0.185. The summed E-state index contributed by atoms with van der Waals surface area (Å²) in [4.78, 5) is 18.1. The molecule has 6 nitrogen and oxygen atoms in total. The quantitative estimate of drug-likeness (QED) is 0.219. The third kappa shape index (κ3) is 5.54. The van der Waals surface area contributed by atoms with E-state index in [4.69, 9.17) is 21.3 Å². The Labute approximate surface area is 230 Å². The summed E-state index contributed by atoms with van der Waals surface area (Å²) in [6, 6.07) is 18.3. The van der Waals surface area contributed by atoms with Crippen molar-refractivity contribution in [2.45, 2.75) is 32.8 Å². The second-order valence-corrected chi connectivity index (χ2v) is 11.3. The van der Waals surface area contributed by atoms with Gasteiger partial charge in [-0.1, -0.05) is 66.5 Å². The van der Waals surface area contributed by atoms with Crippen LogP contribution in [0.1, 0.15) is 43.3 Å². The Morgan fingerprint density at radius 1 is 1.17 bits per heavy atom. The lowest BCUT2D eigenvalue weighted by Gasteiger charge is -2.21. The average molecular weight is 629 g/mol. The number of fused-ring (bicyclic) bond motifs is 1. The summed E-state index contributed by atoms with van der Waals surface area (Å²) in [6.07, 6.45) is 1.56. The van der Waals surface area contributed by atoms with Crippen molar-refractivity contribution in [2.75, 3.05) is 0 Å². The summed E-state index contributed by atoms with van der Waals surface area (Å²) in [5.41, 5.74) is 1.90. The van der Waals surface area contributed by atoms with Crippen LogP contribution in [0, 0.1) is 11.3 Å². The number of rotatable bonds is 5. The molecule has 0 N–H and O–H groups in total. The molecular formula is C27H21Br2ClN4O2. The first-order valence-corrected chi connectivity index (χ1v) is 12.9. The zero-order chi connectivity index (χ0) is 26.0. The van der Waals surface area contributed by atoms with E-state index in [1.165, 1.54) is 4.68 Å². The van der Waals surface area contributed by atoms with Gasteiger partial charge in [0.05, 0.1) is 38.2 Å². The van der Waals surface area contributed by atoms with E-state index in [2.05, 4.69) is 43.0 Å². The van der Waals surface area contributed by atoms with Crippen LogP contribution in [0.15, 0.2) is 73.4 Å². The normalized spacial score (nSPS) is 11.7. The molecule has 0 saturated heterocycles. The second kappa shape index (κ2) is 10.6. The predicted molar refractivity (Wildman–Crippen MR) is 150 cm³/mol. The summed E-state index contributed by atoms with van der Waals surface area (Å²) in [7, 11) is 0. The molecule has 0 atom stereocenters. The molecule has 0 radical (unpaired) electrons. The molecule has 9 heteroatoms. The minimum absolute atomic E-state index is 0.193. The van der Waals surface area contributed by atoms with Gasteiger partial charge in [-0.25, -0.2) is 4.98 Å². The lowest BCUT2D eigenvalue weighted by atomic mass is 9.95. The standard InChI is InChI=1S/C27H21Br2ClN4O2/c1-27(2,3)26-33-23-9-8-19(28)12-20(23)25(35)34(26)32-14-16-10-21(29)24(22(30)11-16)36-15-18-7-5-4-6-17(18)13-31/h4-12,14H,15H2,1-3H3. The minimum Gasteiger partial charge on any atom is -0.486 e. The van der Waals surface area contributed by atoms with Gasteiger partial charge in [0.2, 0.25) is 0 Å². The first kappa shape index (κ1) is 26.1. The van der Waals surface area contributed by atoms with Gasteiger partial charge in [0, 0.05) is 15.5 Å². The van der Waals surface area contributed by atoms with Crippen LogP contribution in [-0.4, -0.2) is 15.9 Å². The van der Waals surface area contributed by atoms with Crippen LogP contribution in [0.25, 0.3) is 10.9 Å². The number of aromatic nitrogens is 2. The third-order valence-corrected chi connectivity index (χ3v) is 6.69. The van der Waals surface area contributed by atoms with Gasteiger partial charge in [-0.05, 0) is 57.9 Å². The topological polar surface area (TPSA) is 80.3 Å². The van der Waals surface area contributed by atoms with E-state index in [9.17, 15) is 10.1 Å². The highest BCUT2D eigenvalue weighted by Crippen LogP contribution is 2.35. The molecule has 1 heterocycles. The number of benzene rings is 3. The molecule has 0 spiro atoms. The van der Waals surface area contributed by atoms with Gasteiger partial charge in [-0.15, -0.1) is 0 Å². The summed E-state index contributed by atoms with van der Waals surface area (Å²) in [6.45, 7) is 6.14. The van der Waals surface area contributed by atoms with Gasteiger partial charge < -0.3 is 4.74 Å². The summed E-state index contributed by atoms with van der Waals surface area (Å²) in [5, 5.41) is 14.6. The van der Waals surface area contributed by atoms with E-state index in [0.29, 0.717) is 43.1 Å². The van der Waals surface area contributed by atoms with Crippen LogP contribution in [0.5, 0.6) is 5.75 Å². The van der Waals surface area contributed by atoms with Crippen molar-refractivity contribution in [3.05, 3.63) is 101 Å². The third-order valence-electron chi connectivity index (χ3n) is 5.33. The fourth-order valence-corrected chi connectivity index (χ4v) is 4.91. The van der Waals surface area contributed by atoms with Crippen molar-refractivity contribution in [3.63, 3.8) is 0 Å². The Kier molecular flexibility index (Phi) is 7.65. The Balaban J connectivity index is 1.69. The van der Waals surface area contributed by atoms with Gasteiger partial charge in [0.25, 0.3) is 5.56 Å². The molecule has 4 rings (SSSR count). The summed E-state index contributed by atoms with van der Waals surface area (Å²) in [5.74, 6) is 0.992. The molecule has 36 heavy (non-hydrogen) atoms. The highest BCUT2D eigenvalue weighted by atomic mass is 79.9. The number of hydrogen-bond acceptors (Lipinski definition) is 5. The molecule has 0 bridgehead atoms. The maximum Gasteiger partial charge on any atom is 0.282 e. The van der Waals surface area contributed by atoms with Gasteiger partial charge in [0.15, 0.2) is 5.75 Å². The maximum atomic E-state index is 13.3. The largest absolute Gasteiger partial charge is 0.486 e. The first-order chi connectivity index (χ1) is 17.1. The lowest BCUT2D eigenvalue weighted by Crippen LogP contribution is -2.29. The van der Waals surface area contributed by atoms with E-state index in [1.54, 1.807) is 36.5 Å². The Hall–Kier alpha value is -2.99. The van der Waals surface area contributed by atoms with Crippen LogP contribution < -0.4 is 10.3 Å². The molecule has 3 aromatic carbocycles. The van der Waals surface area contributed by atoms with Gasteiger partial charge in [0.1, 0.15) is 12.4 Å². The first-order valence-electron chi connectivity index (χ1n) is 11.0. The monoisotopic (exact) mass is 626 g/mol. The van der Waals surface area contributed by atoms with E-state index in [1.807, 2.05) is 45.0 Å². The average Bonchev–Trinajstić information content (AvgIpc) is 2.82. The van der Waals surface area contributed by atoms with E-state index >= 15 is 0 Å². The van der Waals surface area contributed by atoms with Gasteiger partial charge in [-0.2, -0.15) is 15.0 Å². The Bertz CT molecular complexity index is 1580. The van der Waals surface area contributed by atoms with E-state index in [0.717, 1.165) is 10.0 Å². The van der Waals surface area contributed by atoms with Crippen LogP contribution in [-0.2, 0) is 12.0 Å². The highest BCUT2D eigenvalue weighted by molar-refractivity contribution is 9.10. The summed E-state index contributed by atoms with van der Waals surface area (Å²) >= 11 is 13.5. The molecule has 0 aliphatic heterocycles. The zero-order valence-electron chi connectivity index (χ0n) is 19.7. The number of hydrogen-bond donors (Lipinski definition) is 0. The number of nitrogens with zero attached hydrogens (tertiary/aromatic N) is 4. The molecular weight excluding hydrogens is 608 g/mol. The van der Waals surface area contributed by atoms with Crippen molar-refractivity contribution in [3.8, 4) is 11.8 Å². The van der Waals surface area contributed by atoms with Crippen molar-refractivity contribution < 1.29 is 4.74 Å². The Morgan fingerprint density at radius 2 is 1.92 bits per heavy atom. The molecule has 0 aliphatic rings. The molecule has 0 amide bonds. The fourth-order valence-electron chi connectivity index (χ4n) is 3.56. The molecule has 4 aromatic rings. The molecule has 0 fully saturated rings. The van der Waals surface area contributed by atoms with Gasteiger partial charge in [-0.3, -0.25) is 4.79 Å². The van der Waals surface area contributed by atoms with Crippen LogP contribution in [0.4, 0.5) is 0 Å². The molecule has 0 saturated carbocycles. The van der Waals surface area contributed by atoms with E-state index in [-0.39, 0.29) is 12.2 Å². The van der Waals surface area contributed by atoms with Crippen molar-refractivity contribution in [1.29, 1.82) is 5.26 Å². The zero-order valence-corrected chi connectivity index (χ0v) is 23.6. The SMILES string of the molecule is CC(C)(C)c1nc2ccc(Br)cc2c(=O)n1N=Cc1cc(Cl)c(OCc2ccccc2C#N)c(Br)c1. The summed E-state index contributed by atoms with van der Waals surface area (Å²) < 4.78 is 8.65. The highest BCUT2D eigenvalue weighted by Gasteiger charge is 2.23. The predicted octanol–water partition coefficient (Wildman–Crippen LogP) is 7.21. The van der Waals surface area contributed by atoms with Crippen molar-refractivity contribution in [1.82, 2.24) is 9.66 Å². The van der Waals surface area contributed by atoms with E-state index < -0.39 is 5.41 Å². The smallest absolute Gasteiger partial charge is 0.282 e. The molecule has 0 aliphatic carbocycles. The number of halogens is 3. The van der Waals surface area contributed by atoms with Crippen LogP contribution >= 0.6 is 43.5 Å². The molecule has 1 aromatic heterocycles. The van der Waals surface area contributed by atoms with Crippen molar-refractivity contribution >= 4 is 60.6 Å². The Morgan fingerprint density at radius 3 is 2.61 bits per heavy atom. The maximum absolute atomic E-state index is 13.3. The van der Waals surface area contributed by atoms with Crippen LogP contribution in [0.2, 0.25) is 5.02 Å². The molecule has 182 valence electrons. The molecule has 0 unspecified atom stereocenters. The van der Waals surface area contributed by atoms with Gasteiger partial charge >= 0.3 is 0 Å². The number of ether oxygens (including phenoxy) is 1.